The SMILES string of the molecule is Cc1ccsc1C=C1SC(N2CC(C)CC(C)C2)=NC1=O. The van der Waals surface area contributed by atoms with Gasteiger partial charge in [0.1, 0.15) is 0 Å². The molecule has 3 nitrogen and oxygen atoms in total. The smallest absolute Gasteiger partial charge is 0.286 e. The Balaban J connectivity index is 1.76. The minimum atomic E-state index is -0.0892. The molecule has 2 atom stereocenters. The van der Waals surface area contributed by atoms with E-state index in [0.29, 0.717) is 11.8 Å². The Kier molecular flexibility index (Phi) is 4.22. The largest absolute Gasteiger partial charge is 0.350 e. The highest BCUT2D eigenvalue weighted by Gasteiger charge is 2.30. The first-order chi connectivity index (χ1) is 10.0. The molecule has 5 heteroatoms. The van der Waals surface area contributed by atoms with Crippen molar-refractivity contribution >= 4 is 40.2 Å². The molecule has 1 aromatic heterocycles. The molecule has 2 unspecified atom stereocenters. The zero-order valence-electron chi connectivity index (χ0n) is 12.6. The van der Waals surface area contributed by atoms with Gasteiger partial charge in [-0.15, -0.1) is 11.3 Å². The molecule has 1 aromatic rings. The topological polar surface area (TPSA) is 32.7 Å². The molecule has 0 radical (unpaired) electrons. The van der Waals surface area contributed by atoms with E-state index in [1.54, 1.807) is 11.3 Å². The molecule has 21 heavy (non-hydrogen) atoms. The average molecular weight is 320 g/mol. The van der Waals surface area contributed by atoms with Crippen LogP contribution in [0.1, 0.15) is 30.7 Å². The van der Waals surface area contributed by atoms with Gasteiger partial charge in [0.15, 0.2) is 5.17 Å². The minimum absolute atomic E-state index is 0.0892. The van der Waals surface area contributed by atoms with E-state index in [1.807, 2.05) is 6.08 Å². The van der Waals surface area contributed by atoms with Crippen molar-refractivity contribution < 1.29 is 4.79 Å². The molecule has 1 fully saturated rings. The van der Waals surface area contributed by atoms with Gasteiger partial charge in [0.05, 0.1) is 4.91 Å². The van der Waals surface area contributed by atoms with Gasteiger partial charge in [0.2, 0.25) is 0 Å². The van der Waals surface area contributed by atoms with Gasteiger partial charge >= 0.3 is 0 Å². The maximum absolute atomic E-state index is 12.1. The predicted molar refractivity (Wildman–Crippen MR) is 91.6 cm³/mol. The van der Waals surface area contributed by atoms with Crippen molar-refractivity contribution in [1.29, 1.82) is 0 Å². The van der Waals surface area contributed by atoms with E-state index in [-0.39, 0.29) is 5.91 Å². The number of carbonyl (C=O) groups excluding carboxylic acids is 1. The number of rotatable bonds is 1. The number of likely N-dealkylation sites (tertiary alicyclic amines) is 1. The van der Waals surface area contributed by atoms with E-state index in [0.717, 1.165) is 28.0 Å². The van der Waals surface area contributed by atoms with Crippen molar-refractivity contribution in [3.63, 3.8) is 0 Å². The van der Waals surface area contributed by atoms with Gasteiger partial charge in [-0.25, -0.2) is 0 Å². The Bertz CT molecular complexity index is 608. The van der Waals surface area contributed by atoms with E-state index in [2.05, 4.69) is 42.1 Å². The fraction of sp³-hybridized carbons (Fsp3) is 0.500. The zero-order valence-corrected chi connectivity index (χ0v) is 14.3. The summed E-state index contributed by atoms with van der Waals surface area (Å²) in [6, 6.07) is 2.08. The van der Waals surface area contributed by atoms with Crippen molar-refractivity contribution in [3.05, 3.63) is 26.8 Å². The maximum atomic E-state index is 12.1. The number of thioether (sulfide) groups is 1. The molecule has 1 amide bonds. The monoisotopic (exact) mass is 320 g/mol. The molecule has 1 saturated heterocycles. The van der Waals surface area contributed by atoms with E-state index in [1.165, 1.54) is 23.7 Å². The summed E-state index contributed by atoms with van der Waals surface area (Å²) in [5, 5.41) is 2.94. The number of carbonyl (C=O) groups is 1. The third kappa shape index (κ3) is 3.24. The molecule has 0 bridgehead atoms. The fourth-order valence-corrected chi connectivity index (χ4v) is 4.85. The van der Waals surface area contributed by atoms with Crippen LogP contribution in [0.15, 0.2) is 21.3 Å². The van der Waals surface area contributed by atoms with Crippen molar-refractivity contribution in [2.45, 2.75) is 27.2 Å². The van der Waals surface area contributed by atoms with E-state index in [4.69, 9.17) is 0 Å². The first-order valence-electron chi connectivity index (χ1n) is 7.34. The Morgan fingerprint density at radius 3 is 2.67 bits per heavy atom. The van der Waals surface area contributed by atoms with Gasteiger partial charge in [0.25, 0.3) is 5.91 Å². The number of piperidine rings is 1. The van der Waals surface area contributed by atoms with Crippen LogP contribution in [0.2, 0.25) is 0 Å². The van der Waals surface area contributed by atoms with Gasteiger partial charge in [-0.1, -0.05) is 13.8 Å². The Morgan fingerprint density at radius 1 is 1.33 bits per heavy atom. The summed E-state index contributed by atoms with van der Waals surface area (Å²) in [4.78, 5) is 20.6. The third-order valence-electron chi connectivity index (χ3n) is 3.91. The van der Waals surface area contributed by atoms with Gasteiger partial charge in [0, 0.05) is 18.0 Å². The van der Waals surface area contributed by atoms with Crippen molar-refractivity contribution in [3.8, 4) is 0 Å². The van der Waals surface area contributed by atoms with Gasteiger partial charge < -0.3 is 4.90 Å². The lowest BCUT2D eigenvalue weighted by Gasteiger charge is -2.35. The number of hydrogen-bond donors (Lipinski definition) is 0. The Labute approximate surface area is 134 Å². The second kappa shape index (κ2) is 5.97. The number of aryl methyl sites for hydroxylation is 1. The van der Waals surface area contributed by atoms with Crippen molar-refractivity contribution in [1.82, 2.24) is 4.90 Å². The van der Waals surface area contributed by atoms with E-state index in [9.17, 15) is 4.79 Å². The number of amidine groups is 1. The summed E-state index contributed by atoms with van der Waals surface area (Å²) < 4.78 is 0. The molecule has 2 aliphatic heterocycles. The van der Waals surface area contributed by atoms with Crippen molar-refractivity contribution in [2.24, 2.45) is 16.8 Å². The van der Waals surface area contributed by atoms with Crippen LogP contribution < -0.4 is 0 Å². The second-order valence-electron chi connectivity index (χ2n) is 6.13. The quantitative estimate of drug-likeness (QED) is 0.733. The first kappa shape index (κ1) is 14.9. The molecule has 3 heterocycles. The van der Waals surface area contributed by atoms with Crippen LogP contribution in [0.3, 0.4) is 0 Å². The van der Waals surface area contributed by atoms with Crippen LogP contribution in [0.5, 0.6) is 0 Å². The van der Waals surface area contributed by atoms with Gasteiger partial charge in [-0.3, -0.25) is 4.79 Å². The molecule has 112 valence electrons. The summed E-state index contributed by atoms with van der Waals surface area (Å²) in [5.41, 5.74) is 1.22. The highest BCUT2D eigenvalue weighted by atomic mass is 32.2. The number of amides is 1. The highest BCUT2D eigenvalue weighted by Crippen LogP contribution is 2.34. The predicted octanol–water partition coefficient (Wildman–Crippen LogP) is 4.00. The van der Waals surface area contributed by atoms with Gasteiger partial charge in [-0.05, 0) is 60.0 Å². The summed E-state index contributed by atoms with van der Waals surface area (Å²) in [6.07, 6.45) is 3.25. The van der Waals surface area contributed by atoms with Crippen LogP contribution in [-0.4, -0.2) is 29.1 Å². The lowest BCUT2D eigenvalue weighted by molar-refractivity contribution is -0.113. The molecule has 0 N–H and O–H groups in total. The standard InChI is InChI=1S/C16H20N2OS2/c1-10-6-11(2)9-18(8-10)16-17-15(19)14(21-16)7-13-12(3)4-5-20-13/h4-5,7,10-11H,6,8-9H2,1-3H3. The molecule has 0 aromatic carbocycles. The molecule has 0 saturated carbocycles. The van der Waals surface area contributed by atoms with Gasteiger partial charge in [-0.2, -0.15) is 4.99 Å². The van der Waals surface area contributed by atoms with Crippen LogP contribution in [0, 0.1) is 18.8 Å². The lowest BCUT2D eigenvalue weighted by atomic mass is 9.92. The fourth-order valence-electron chi connectivity index (χ4n) is 3.00. The summed E-state index contributed by atoms with van der Waals surface area (Å²) in [5.74, 6) is 1.24. The minimum Gasteiger partial charge on any atom is -0.350 e. The van der Waals surface area contributed by atoms with Crippen LogP contribution >= 0.6 is 23.1 Å². The second-order valence-corrected chi connectivity index (χ2v) is 8.09. The van der Waals surface area contributed by atoms with E-state index < -0.39 is 0 Å². The van der Waals surface area contributed by atoms with Crippen molar-refractivity contribution in [2.75, 3.05) is 13.1 Å². The summed E-state index contributed by atoms with van der Waals surface area (Å²) in [7, 11) is 0. The van der Waals surface area contributed by atoms with Crippen LogP contribution in [0.25, 0.3) is 6.08 Å². The first-order valence-corrected chi connectivity index (χ1v) is 9.04. The Morgan fingerprint density at radius 2 is 2.05 bits per heavy atom. The average Bonchev–Trinajstić information content (AvgIpc) is 2.97. The molecule has 0 spiro atoms. The maximum Gasteiger partial charge on any atom is 0.286 e. The van der Waals surface area contributed by atoms with E-state index >= 15 is 0 Å². The normalized spacial score (nSPS) is 28.3. The third-order valence-corrected chi connectivity index (χ3v) is 5.92. The Hall–Kier alpha value is -1.07. The van der Waals surface area contributed by atoms with Crippen LogP contribution in [0.4, 0.5) is 0 Å². The summed E-state index contributed by atoms with van der Waals surface area (Å²) >= 11 is 3.20. The lowest BCUT2D eigenvalue weighted by Crippen LogP contribution is -2.40. The number of aliphatic imine (C=N–C) groups is 1. The zero-order chi connectivity index (χ0) is 15.0. The molecular weight excluding hydrogens is 300 g/mol. The number of nitrogens with zero attached hydrogens (tertiary/aromatic N) is 2. The molecular formula is C16H20N2OS2. The number of hydrogen-bond acceptors (Lipinski definition) is 4. The molecule has 0 aliphatic carbocycles. The summed E-state index contributed by atoms with van der Waals surface area (Å²) in [6.45, 7) is 8.64. The van der Waals surface area contributed by atoms with Crippen LogP contribution in [-0.2, 0) is 4.79 Å². The number of thiophene rings is 1. The molecule has 3 rings (SSSR count). The highest BCUT2D eigenvalue weighted by molar-refractivity contribution is 8.18. The molecule has 2 aliphatic rings.